The Balaban J connectivity index is 1.62. The lowest BCUT2D eigenvalue weighted by Gasteiger charge is -2.27. The van der Waals surface area contributed by atoms with Gasteiger partial charge in [0.1, 0.15) is 33.5 Å². The maximum Gasteiger partial charge on any atom is 0.333 e. The van der Waals surface area contributed by atoms with Gasteiger partial charge in [-0.1, -0.05) is 41.7 Å². The molecular formula is C31H33FN6O4S. The number of carbonyl (C=O) groups excluding carboxylic acids is 1. The van der Waals surface area contributed by atoms with E-state index in [9.17, 15) is 18.8 Å². The van der Waals surface area contributed by atoms with Gasteiger partial charge >= 0.3 is 5.69 Å². The van der Waals surface area contributed by atoms with Crippen LogP contribution in [-0.4, -0.2) is 36.1 Å². The minimum absolute atomic E-state index is 0.0918. The zero-order chi connectivity index (χ0) is 30.9. The van der Waals surface area contributed by atoms with Crippen molar-refractivity contribution in [3.05, 3.63) is 104 Å². The Hall–Kier alpha value is -4.58. The van der Waals surface area contributed by atoms with Crippen LogP contribution in [0.1, 0.15) is 44.4 Å². The number of fused-ring (bicyclic) bond motifs is 1. The smallest absolute Gasteiger partial charge is 0.333 e. The van der Waals surface area contributed by atoms with Gasteiger partial charge in [-0.3, -0.25) is 14.2 Å². The molecule has 1 N–H and O–H groups in total. The number of benzene rings is 2. The van der Waals surface area contributed by atoms with E-state index in [1.807, 2.05) is 30.3 Å². The van der Waals surface area contributed by atoms with Gasteiger partial charge in [-0.25, -0.2) is 13.8 Å². The molecule has 0 saturated carbocycles. The molecule has 0 atom stereocenters. The van der Waals surface area contributed by atoms with Crippen LogP contribution in [-0.2, 0) is 29.9 Å². The number of halogens is 1. The molecule has 0 aliphatic heterocycles. The lowest BCUT2D eigenvalue weighted by molar-refractivity contribution is -0.129. The number of thiophene rings is 1. The highest BCUT2D eigenvalue weighted by atomic mass is 32.1. The molecule has 5 rings (SSSR count). The van der Waals surface area contributed by atoms with Gasteiger partial charge in [0, 0.05) is 18.2 Å². The van der Waals surface area contributed by atoms with E-state index in [1.165, 1.54) is 45.2 Å². The third kappa shape index (κ3) is 5.87. The molecule has 2 aromatic carbocycles. The van der Waals surface area contributed by atoms with Crippen LogP contribution in [0.4, 0.5) is 4.39 Å². The van der Waals surface area contributed by atoms with Crippen LogP contribution in [0.25, 0.3) is 15.2 Å². The molecule has 10 nitrogen and oxygen atoms in total. The Labute approximate surface area is 251 Å². The summed E-state index contributed by atoms with van der Waals surface area (Å²) in [6.07, 6.45) is 3.27. The lowest BCUT2D eigenvalue weighted by Crippen LogP contribution is -2.56. The summed E-state index contributed by atoms with van der Waals surface area (Å²) >= 11 is 1.21. The molecule has 43 heavy (non-hydrogen) atoms. The number of hydrogen-bond donors (Lipinski definition) is 1. The monoisotopic (exact) mass is 604 g/mol. The first-order valence-electron chi connectivity index (χ1n) is 13.9. The van der Waals surface area contributed by atoms with Crippen LogP contribution in [0, 0.1) is 12.7 Å². The predicted octanol–water partition coefficient (Wildman–Crippen LogP) is 4.33. The van der Waals surface area contributed by atoms with Crippen molar-refractivity contribution in [2.75, 3.05) is 0 Å². The summed E-state index contributed by atoms with van der Waals surface area (Å²) < 4.78 is 22.9. The molecule has 0 aliphatic carbocycles. The summed E-state index contributed by atoms with van der Waals surface area (Å²) in [6.45, 7) is 8.85. The molecular weight excluding hydrogens is 571 g/mol. The second-order valence-corrected chi connectivity index (χ2v) is 12.0. The van der Waals surface area contributed by atoms with E-state index in [0.29, 0.717) is 32.1 Å². The molecule has 5 aromatic rings. The number of nitrogens with one attached hydrogen (secondary N) is 1. The third-order valence-electron chi connectivity index (χ3n) is 7.19. The summed E-state index contributed by atoms with van der Waals surface area (Å²) in [5, 5.41) is 12.1. The Morgan fingerprint density at radius 1 is 1.09 bits per heavy atom. The van der Waals surface area contributed by atoms with Crippen LogP contribution in [0.3, 0.4) is 0 Å². The molecule has 224 valence electrons. The van der Waals surface area contributed by atoms with Crippen molar-refractivity contribution < 1.29 is 13.9 Å². The second kappa shape index (κ2) is 12.0. The predicted molar refractivity (Wildman–Crippen MR) is 163 cm³/mol. The molecule has 0 radical (unpaired) electrons. The number of ether oxygens (including phenoxy) is 1. The number of aromatic nitrogens is 5. The quantitative estimate of drug-likeness (QED) is 0.254. The van der Waals surface area contributed by atoms with Crippen molar-refractivity contribution in [3.63, 3.8) is 0 Å². The fraction of sp³-hybridized carbons (Fsp3) is 0.323. The van der Waals surface area contributed by atoms with Gasteiger partial charge < -0.3 is 10.1 Å². The minimum atomic E-state index is -1.50. The second-order valence-electron chi connectivity index (χ2n) is 11.1. The summed E-state index contributed by atoms with van der Waals surface area (Å²) in [5.74, 6) is -0.408. The van der Waals surface area contributed by atoms with Crippen LogP contribution < -0.4 is 21.3 Å². The molecule has 0 bridgehead atoms. The van der Waals surface area contributed by atoms with Crippen molar-refractivity contribution in [2.45, 2.75) is 65.8 Å². The van der Waals surface area contributed by atoms with Gasteiger partial charge in [0.25, 0.3) is 5.56 Å². The molecule has 0 aliphatic rings. The first kappa shape index (κ1) is 29.9. The number of aryl methyl sites for hydroxylation is 3. The number of carbonyl (C=O) groups is 1. The van der Waals surface area contributed by atoms with Gasteiger partial charge in [0.05, 0.1) is 17.8 Å². The van der Waals surface area contributed by atoms with Gasteiger partial charge in [-0.2, -0.15) is 10.2 Å². The number of amides is 1. The zero-order valence-electron chi connectivity index (χ0n) is 24.6. The molecule has 0 spiro atoms. The van der Waals surface area contributed by atoms with Crippen molar-refractivity contribution in [3.8, 4) is 10.8 Å². The van der Waals surface area contributed by atoms with E-state index in [-0.39, 0.29) is 25.6 Å². The van der Waals surface area contributed by atoms with E-state index >= 15 is 0 Å². The van der Waals surface area contributed by atoms with E-state index < -0.39 is 28.5 Å². The Kier molecular flexibility index (Phi) is 8.32. The van der Waals surface area contributed by atoms with E-state index in [4.69, 9.17) is 4.74 Å². The van der Waals surface area contributed by atoms with Crippen LogP contribution in [0.2, 0.25) is 0 Å². The fourth-order valence-electron chi connectivity index (χ4n) is 4.93. The summed E-state index contributed by atoms with van der Waals surface area (Å²) in [7, 11) is 0. The Morgan fingerprint density at radius 3 is 2.47 bits per heavy atom. The minimum Gasteiger partial charge on any atom is -0.489 e. The Bertz CT molecular complexity index is 1890. The molecule has 0 unspecified atom stereocenters. The molecule has 3 heterocycles. The van der Waals surface area contributed by atoms with E-state index in [2.05, 4.69) is 15.5 Å². The summed E-state index contributed by atoms with van der Waals surface area (Å²) in [6, 6.07) is 13.7. The van der Waals surface area contributed by atoms with Gasteiger partial charge in [-0.15, -0.1) is 4.80 Å². The van der Waals surface area contributed by atoms with Crippen LogP contribution in [0.15, 0.2) is 70.5 Å². The average Bonchev–Trinajstić information content (AvgIpc) is 3.61. The molecule has 3 aromatic heterocycles. The van der Waals surface area contributed by atoms with Gasteiger partial charge in [-0.05, 0) is 70.4 Å². The third-order valence-corrected chi connectivity index (χ3v) is 8.47. The van der Waals surface area contributed by atoms with Crippen molar-refractivity contribution >= 4 is 27.5 Å². The van der Waals surface area contributed by atoms with E-state index in [0.717, 1.165) is 10.1 Å². The number of nitrogens with zero attached hydrogens (tertiary/aromatic N) is 5. The summed E-state index contributed by atoms with van der Waals surface area (Å²) in [4.78, 5) is 43.2. The van der Waals surface area contributed by atoms with Gasteiger partial charge in [0.2, 0.25) is 5.91 Å². The molecule has 1 amide bonds. The van der Waals surface area contributed by atoms with Crippen molar-refractivity contribution in [1.29, 1.82) is 0 Å². The van der Waals surface area contributed by atoms with Crippen LogP contribution in [0.5, 0.6) is 5.75 Å². The Morgan fingerprint density at radius 2 is 1.79 bits per heavy atom. The zero-order valence-corrected chi connectivity index (χ0v) is 25.4. The van der Waals surface area contributed by atoms with E-state index in [1.54, 1.807) is 40.7 Å². The van der Waals surface area contributed by atoms with Crippen molar-refractivity contribution in [1.82, 2.24) is 29.4 Å². The first-order valence-corrected chi connectivity index (χ1v) is 14.7. The molecule has 0 fully saturated rings. The normalized spacial score (nSPS) is 11.8. The number of hydrogen-bond acceptors (Lipinski definition) is 7. The topological polar surface area (TPSA) is 113 Å². The SMILES string of the molecule is Cc1c(-n2nccn2)sc2c1c(=O)n(C(C)(C)C(=O)NC(C)C)c(=O)n2CCc1cc(F)ccc1OCc1ccccc1. The highest BCUT2D eigenvalue weighted by Crippen LogP contribution is 2.31. The largest absolute Gasteiger partial charge is 0.489 e. The maximum absolute atomic E-state index is 14.4. The standard InChI is InChI=1S/C31H33FN6O4S/c1-19(2)35-29(40)31(4,5)37-26(39)25-20(3)27(38-33-14-15-34-38)43-28(25)36(30(37)41)16-13-22-17-23(32)11-12-24(22)42-18-21-9-7-6-8-10-21/h6-12,14-15,17,19H,13,16,18H2,1-5H3,(H,35,40). The van der Waals surface area contributed by atoms with Crippen LogP contribution >= 0.6 is 11.3 Å². The average molecular weight is 605 g/mol. The fourth-order valence-corrected chi connectivity index (χ4v) is 6.16. The first-order chi connectivity index (χ1) is 20.5. The number of rotatable bonds is 10. The molecule has 12 heteroatoms. The highest BCUT2D eigenvalue weighted by Gasteiger charge is 2.35. The van der Waals surface area contributed by atoms with Crippen molar-refractivity contribution in [2.24, 2.45) is 0 Å². The lowest BCUT2D eigenvalue weighted by atomic mass is 10.0. The molecule has 0 saturated heterocycles. The maximum atomic E-state index is 14.4. The van der Waals surface area contributed by atoms with Gasteiger partial charge in [0.15, 0.2) is 0 Å². The highest BCUT2D eigenvalue weighted by molar-refractivity contribution is 7.21. The summed E-state index contributed by atoms with van der Waals surface area (Å²) in [5.41, 5.74) is -0.626.